The number of aromatic nitrogens is 3. The zero-order valence-corrected chi connectivity index (χ0v) is 27.3. The van der Waals surface area contributed by atoms with Gasteiger partial charge in [0.1, 0.15) is 35.3 Å². The number of nitrogen functional groups attached to an aromatic ring is 1. The smallest absolute Gasteiger partial charge is 0.459 e. The van der Waals surface area contributed by atoms with Crippen LogP contribution in [0, 0.1) is 0 Å². The SMILES string of the molecule is CCOCc1nc2c(N)nc3ccccc3c2n1C[C@@H](C)OP(=O)(N[C@@H](C)C(=O)OC(C)(C)C)Oc1ccc2ccccc2c1. The summed E-state index contributed by atoms with van der Waals surface area (Å²) in [4.78, 5) is 22.2. The Morgan fingerprint density at radius 2 is 1.73 bits per heavy atom. The number of ether oxygens (including phenoxy) is 2. The van der Waals surface area contributed by atoms with Crippen LogP contribution in [0.4, 0.5) is 5.82 Å². The first kappa shape index (κ1) is 32.4. The van der Waals surface area contributed by atoms with Gasteiger partial charge in [-0.1, -0.05) is 48.5 Å². The summed E-state index contributed by atoms with van der Waals surface area (Å²) in [6, 6.07) is 19.8. The highest BCUT2D eigenvalue weighted by Crippen LogP contribution is 2.47. The van der Waals surface area contributed by atoms with Crippen molar-refractivity contribution in [3.05, 3.63) is 72.6 Å². The standard InChI is InChI=1S/C33H40N5O6P/c1-7-41-20-28-36-29-30(26-14-10-11-15-27(26)35-31(29)34)38(28)19-21(2)43-45(40,37-22(3)32(39)42-33(4,5)6)44-25-17-16-23-12-8-9-13-24(23)18-25/h8-18,21-22H,7,19-20H2,1-6H3,(H2,34,35)(H,37,40)/t21-,22+,45?/m1/s1. The van der Waals surface area contributed by atoms with E-state index >= 15 is 0 Å². The number of esters is 1. The lowest BCUT2D eigenvalue weighted by molar-refractivity contribution is -0.156. The molecule has 0 amide bonds. The van der Waals surface area contributed by atoms with Gasteiger partial charge in [0.05, 0.1) is 23.7 Å². The molecule has 1 unspecified atom stereocenters. The van der Waals surface area contributed by atoms with E-state index in [4.69, 9.17) is 29.2 Å². The normalized spacial score (nSPS) is 14.8. The van der Waals surface area contributed by atoms with Crippen molar-refractivity contribution in [3.8, 4) is 5.75 Å². The van der Waals surface area contributed by atoms with Crippen LogP contribution in [0.1, 0.15) is 47.4 Å². The molecular formula is C33H40N5O6P. The molecule has 3 atom stereocenters. The minimum atomic E-state index is -4.18. The van der Waals surface area contributed by atoms with E-state index in [-0.39, 0.29) is 13.2 Å². The van der Waals surface area contributed by atoms with Gasteiger partial charge in [0.2, 0.25) is 0 Å². The fourth-order valence-electron chi connectivity index (χ4n) is 5.05. The summed E-state index contributed by atoms with van der Waals surface area (Å²) in [6.45, 7) is 11.5. The highest BCUT2D eigenvalue weighted by atomic mass is 31.2. The van der Waals surface area contributed by atoms with Gasteiger partial charge in [-0.3, -0.25) is 9.32 Å². The van der Waals surface area contributed by atoms with Crippen LogP contribution in [0.5, 0.6) is 5.75 Å². The van der Waals surface area contributed by atoms with Crippen LogP contribution in [0.2, 0.25) is 0 Å². The van der Waals surface area contributed by atoms with Crippen molar-refractivity contribution in [2.24, 2.45) is 0 Å². The molecule has 0 saturated heterocycles. The Morgan fingerprint density at radius 3 is 2.47 bits per heavy atom. The third-order valence-electron chi connectivity index (χ3n) is 6.94. The van der Waals surface area contributed by atoms with Crippen LogP contribution < -0.4 is 15.3 Å². The van der Waals surface area contributed by atoms with Gasteiger partial charge in [-0.05, 0) is 70.5 Å². The number of pyridine rings is 1. The number of rotatable bonds is 12. The van der Waals surface area contributed by atoms with Crippen LogP contribution in [-0.2, 0) is 36.5 Å². The topological polar surface area (TPSA) is 140 Å². The van der Waals surface area contributed by atoms with Crippen molar-refractivity contribution in [1.29, 1.82) is 0 Å². The number of imidazole rings is 1. The molecule has 238 valence electrons. The second-order valence-electron chi connectivity index (χ2n) is 11.9. The molecule has 12 heteroatoms. The Hall–Kier alpha value is -4.02. The molecule has 11 nitrogen and oxygen atoms in total. The van der Waals surface area contributed by atoms with Crippen LogP contribution in [0.15, 0.2) is 66.7 Å². The van der Waals surface area contributed by atoms with Gasteiger partial charge in [-0.25, -0.2) is 14.5 Å². The van der Waals surface area contributed by atoms with E-state index < -0.39 is 31.5 Å². The molecule has 0 bridgehead atoms. The van der Waals surface area contributed by atoms with Gasteiger partial charge in [-0.2, -0.15) is 5.09 Å². The van der Waals surface area contributed by atoms with E-state index in [1.54, 1.807) is 46.8 Å². The monoisotopic (exact) mass is 633 g/mol. The summed E-state index contributed by atoms with van der Waals surface area (Å²) in [5, 5.41) is 5.56. The summed E-state index contributed by atoms with van der Waals surface area (Å²) in [6.07, 6.45) is -0.694. The number of anilines is 1. The predicted octanol–water partition coefficient (Wildman–Crippen LogP) is 6.77. The van der Waals surface area contributed by atoms with Crippen molar-refractivity contribution >= 4 is 52.2 Å². The molecule has 0 spiro atoms. The summed E-state index contributed by atoms with van der Waals surface area (Å²) in [7, 11) is -4.18. The van der Waals surface area contributed by atoms with Crippen LogP contribution in [-0.4, -0.2) is 44.9 Å². The highest BCUT2D eigenvalue weighted by Gasteiger charge is 2.35. The van der Waals surface area contributed by atoms with E-state index in [1.165, 1.54) is 0 Å². The average Bonchev–Trinajstić information content (AvgIpc) is 3.33. The van der Waals surface area contributed by atoms with E-state index in [0.29, 0.717) is 29.5 Å². The molecule has 2 aromatic heterocycles. The van der Waals surface area contributed by atoms with Crippen LogP contribution >= 0.6 is 7.75 Å². The number of fused-ring (bicyclic) bond motifs is 4. The minimum Gasteiger partial charge on any atom is -0.459 e. The molecule has 0 fully saturated rings. The number of para-hydroxylation sites is 1. The van der Waals surface area contributed by atoms with Gasteiger partial charge in [0, 0.05) is 12.0 Å². The average molecular weight is 634 g/mol. The second kappa shape index (κ2) is 13.1. The molecule has 3 N–H and O–H groups in total. The number of carbonyl (C=O) groups excluding carboxylic acids is 1. The highest BCUT2D eigenvalue weighted by molar-refractivity contribution is 7.52. The maximum atomic E-state index is 14.5. The fraction of sp³-hybridized carbons (Fsp3) is 0.364. The lowest BCUT2D eigenvalue weighted by Crippen LogP contribution is -2.39. The number of benzene rings is 3. The van der Waals surface area contributed by atoms with E-state index in [0.717, 1.165) is 27.2 Å². The minimum absolute atomic E-state index is 0.222. The van der Waals surface area contributed by atoms with Crippen molar-refractivity contribution in [2.45, 2.75) is 72.4 Å². The fourth-order valence-corrected chi connectivity index (χ4v) is 6.72. The largest absolute Gasteiger partial charge is 0.459 e. The molecule has 45 heavy (non-hydrogen) atoms. The third kappa shape index (κ3) is 7.62. The second-order valence-corrected chi connectivity index (χ2v) is 13.5. The quantitative estimate of drug-likeness (QED) is 0.112. The van der Waals surface area contributed by atoms with Crippen molar-refractivity contribution < 1.29 is 27.9 Å². The Kier molecular flexibility index (Phi) is 9.46. The van der Waals surface area contributed by atoms with Gasteiger partial charge < -0.3 is 24.3 Å². The molecule has 5 aromatic rings. The molecular weight excluding hydrogens is 593 g/mol. The predicted molar refractivity (Wildman–Crippen MR) is 176 cm³/mol. The Labute approximate surface area is 262 Å². The number of hydrogen-bond acceptors (Lipinski definition) is 9. The zero-order valence-electron chi connectivity index (χ0n) is 26.4. The number of nitrogens with zero attached hydrogens (tertiary/aromatic N) is 3. The van der Waals surface area contributed by atoms with Gasteiger partial charge in [0.25, 0.3) is 0 Å². The molecule has 3 aromatic carbocycles. The van der Waals surface area contributed by atoms with Crippen LogP contribution in [0.3, 0.4) is 0 Å². The van der Waals surface area contributed by atoms with Crippen LogP contribution in [0.25, 0.3) is 32.7 Å². The number of nitrogens with two attached hydrogens (primary N) is 1. The van der Waals surface area contributed by atoms with Gasteiger partial charge in [0.15, 0.2) is 5.82 Å². The first-order chi connectivity index (χ1) is 21.4. The molecule has 0 aliphatic carbocycles. The molecule has 0 saturated carbocycles. The van der Waals surface area contributed by atoms with E-state index in [9.17, 15) is 9.36 Å². The first-order valence-electron chi connectivity index (χ1n) is 14.9. The third-order valence-corrected chi connectivity index (χ3v) is 8.73. The van der Waals surface area contributed by atoms with E-state index in [2.05, 4.69) is 10.1 Å². The number of nitrogens with one attached hydrogen (secondary N) is 1. The maximum Gasteiger partial charge on any atom is 0.459 e. The summed E-state index contributed by atoms with van der Waals surface area (Å²) >= 11 is 0. The Balaban J connectivity index is 1.49. The molecule has 0 radical (unpaired) electrons. The summed E-state index contributed by atoms with van der Waals surface area (Å²) in [5.74, 6) is 0.651. The van der Waals surface area contributed by atoms with Crippen molar-refractivity contribution in [1.82, 2.24) is 19.6 Å². The lowest BCUT2D eigenvalue weighted by atomic mass is 10.1. The van der Waals surface area contributed by atoms with E-state index in [1.807, 2.05) is 66.1 Å². The van der Waals surface area contributed by atoms with Crippen molar-refractivity contribution in [3.63, 3.8) is 0 Å². The molecule has 0 aliphatic heterocycles. The molecule has 5 rings (SSSR count). The van der Waals surface area contributed by atoms with Crippen molar-refractivity contribution in [2.75, 3.05) is 12.3 Å². The maximum absolute atomic E-state index is 14.5. The Bertz CT molecular complexity index is 1890. The first-order valence-corrected chi connectivity index (χ1v) is 16.5. The Morgan fingerprint density at radius 1 is 1.02 bits per heavy atom. The lowest BCUT2D eigenvalue weighted by Gasteiger charge is -2.28. The number of carbonyl (C=O) groups is 1. The van der Waals surface area contributed by atoms with Gasteiger partial charge >= 0.3 is 13.7 Å². The summed E-state index contributed by atoms with van der Waals surface area (Å²) < 4.78 is 39.9. The summed E-state index contributed by atoms with van der Waals surface area (Å²) in [5.41, 5.74) is 7.64. The zero-order chi connectivity index (χ0) is 32.4. The van der Waals surface area contributed by atoms with Gasteiger partial charge in [-0.15, -0.1) is 0 Å². The molecule has 0 aliphatic rings. The number of hydrogen-bond donors (Lipinski definition) is 2. The molecule has 2 heterocycles.